The Bertz CT molecular complexity index is 817. The van der Waals surface area contributed by atoms with Crippen LogP contribution in [0.3, 0.4) is 0 Å². The highest BCUT2D eigenvalue weighted by Crippen LogP contribution is 2.23. The van der Waals surface area contributed by atoms with Crippen LogP contribution < -0.4 is 5.32 Å². The highest BCUT2D eigenvalue weighted by atomic mass is 16.7. The van der Waals surface area contributed by atoms with Gasteiger partial charge in [0.25, 0.3) is 0 Å². The van der Waals surface area contributed by atoms with E-state index >= 15 is 0 Å². The normalized spacial score (nSPS) is 21.4. The molecule has 1 aliphatic rings. The van der Waals surface area contributed by atoms with E-state index < -0.39 is 49.5 Å². The molecule has 0 spiro atoms. The number of carbonyl (C=O) groups excluding carboxylic acids is 1. The van der Waals surface area contributed by atoms with Crippen molar-refractivity contribution >= 4 is 5.91 Å². The summed E-state index contributed by atoms with van der Waals surface area (Å²) >= 11 is 0. The third-order valence-corrected chi connectivity index (χ3v) is 11.5. The minimum atomic E-state index is -1.55. The van der Waals surface area contributed by atoms with E-state index in [1.54, 1.807) is 0 Å². The molecule has 0 radical (unpaired) electrons. The van der Waals surface area contributed by atoms with Gasteiger partial charge in [-0.15, -0.1) is 0 Å². The summed E-state index contributed by atoms with van der Waals surface area (Å²) in [4.78, 5) is 13.0. The average molecular weight is 772 g/mol. The molecule has 7 atom stereocenters. The van der Waals surface area contributed by atoms with Gasteiger partial charge in [-0.3, -0.25) is 4.79 Å². The third kappa shape index (κ3) is 26.9. The summed E-state index contributed by atoms with van der Waals surface area (Å²) in [7, 11) is 0. The van der Waals surface area contributed by atoms with Crippen LogP contribution in [0.5, 0.6) is 0 Å². The number of aliphatic hydroxyl groups excluding tert-OH is 5. The van der Waals surface area contributed by atoms with E-state index in [2.05, 4.69) is 19.2 Å². The Hall–Kier alpha value is -0.810. The highest BCUT2D eigenvalue weighted by Gasteiger charge is 2.44. The van der Waals surface area contributed by atoms with Crippen LogP contribution in [0.25, 0.3) is 0 Å². The third-order valence-electron chi connectivity index (χ3n) is 11.5. The molecule has 1 fully saturated rings. The SMILES string of the molecule is CCCCCCCCCCCCCCCCCCCCCC(=O)N[C@@H](CO[C@H]1O[C@@H](CO)[C@H](O)C(O)C1O)[C@H](O)CCCCCCCCCCCCCC. The van der Waals surface area contributed by atoms with Crippen molar-refractivity contribution in [3.05, 3.63) is 0 Å². The highest BCUT2D eigenvalue weighted by molar-refractivity contribution is 5.76. The second kappa shape index (κ2) is 36.5. The van der Waals surface area contributed by atoms with Crippen molar-refractivity contribution < 1.29 is 39.8 Å². The minimum absolute atomic E-state index is 0.132. The quantitative estimate of drug-likeness (QED) is 0.0339. The number of ether oxygens (including phenoxy) is 2. The van der Waals surface area contributed by atoms with Crippen LogP contribution >= 0.6 is 0 Å². The number of aliphatic hydroxyl groups is 5. The van der Waals surface area contributed by atoms with Crippen molar-refractivity contribution in [3.63, 3.8) is 0 Å². The zero-order valence-electron chi connectivity index (χ0n) is 35.3. The van der Waals surface area contributed by atoms with E-state index in [1.807, 2.05) is 0 Å². The Morgan fingerprint density at radius 2 is 0.926 bits per heavy atom. The summed E-state index contributed by atoms with van der Waals surface area (Å²) in [5.74, 6) is -0.141. The lowest BCUT2D eigenvalue weighted by Crippen LogP contribution is -2.60. The van der Waals surface area contributed by atoms with Crippen molar-refractivity contribution in [1.29, 1.82) is 0 Å². The molecule has 2 unspecified atom stereocenters. The molecule has 0 bridgehead atoms. The molecule has 0 saturated carbocycles. The van der Waals surface area contributed by atoms with Crippen molar-refractivity contribution in [2.24, 2.45) is 0 Å². The lowest BCUT2D eigenvalue weighted by atomic mass is 9.99. The lowest BCUT2D eigenvalue weighted by Gasteiger charge is -2.40. The first-order valence-corrected chi connectivity index (χ1v) is 23.2. The van der Waals surface area contributed by atoms with Gasteiger partial charge in [0.1, 0.15) is 24.4 Å². The summed E-state index contributed by atoms with van der Waals surface area (Å²) in [6.45, 7) is 3.84. The number of carbonyl (C=O) groups is 1. The first kappa shape index (κ1) is 51.2. The van der Waals surface area contributed by atoms with E-state index in [0.29, 0.717) is 12.8 Å². The van der Waals surface area contributed by atoms with Gasteiger partial charge in [0.05, 0.1) is 25.4 Å². The molecule has 1 amide bonds. The molecule has 9 heteroatoms. The van der Waals surface area contributed by atoms with Gasteiger partial charge in [-0.2, -0.15) is 0 Å². The number of nitrogens with one attached hydrogen (secondary N) is 1. The average Bonchev–Trinajstić information content (AvgIpc) is 3.17. The molecule has 1 aliphatic heterocycles. The van der Waals surface area contributed by atoms with Crippen molar-refractivity contribution in [3.8, 4) is 0 Å². The Kier molecular flexibility index (Phi) is 34.6. The van der Waals surface area contributed by atoms with Gasteiger partial charge in [-0.05, 0) is 12.8 Å². The van der Waals surface area contributed by atoms with Crippen LogP contribution in [0.4, 0.5) is 0 Å². The second-order valence-electron chi connectivity index (χ2n) is 16.6. The molecule has 0 aromatic carbocycles. The van der Waals surface area contributed by atoms with Gasteiger partial charge >= 0.3 is 0 Å². The van der Waals surface area contributed by atoms with Gasteiger partial charge in [-0.1, -0.05) is 206 Å². The molecular formula is C45H89NO8. The summed E-state index contributed by atoms with van der Waals surface area (Å²) in [5, 5.41) is 54.3. The smallest absolute Gasteiger partial charge is 0.220 e. The van der Waals surface area contributed by atoms with Crippen LogP contribution in [0.15, 0.2) is 0 Å². The van der Waals surface area contributed by atoms with E-state index in [1.165, 1.54) is 161 Å². The molecule has 1 saturated heterocycles. The molecule has 9 nitrogen and oxygen atoms in total. The second-order valence-corrected chi connectivity index (χ2v) is 16.6. The van der Waals surface area contributed by atoms with E-state index in [0.717, 1.165) is 38.5 Å². The Morgan fingerprint density at radius 3 is 1.31 bits per heavy atom. The zero-order valence-corrected chi connectivity index (χ0v) is 35.3. The van der Waals surface area contributed by atoms with E-state index in [-0.39, 0.29) is 12.5 Å². The molecule has 0 aliphatic carbocycles. The first-order chi connectivity index (χ1) is 26.3. The summed E-state index contributed by atoms with van der Waals surface area (Å²) in [6, 6.07) is -0.710. The van der Waals surface area contributed by atoms with Crippen LogP contribution in [-0.2, 0) is 14.3 Å². The fourth-order valence-electron chi connectivity index (χ4n) is 7.69. The van der Waals surface area contributed by atoms with Gasteiger partial charge in [-0.25, -0.2) is 0 Å². The van der Waals surface area contributed by atoms with Crippen LogP contribution in [0.1, 0.15) is 226 Å². The molecule has 322 valence electrons. The Balaban J connectivity index is 2.28. The Morgan fingerprint density at radius 1 is 0.556 bits per heavy atom. The zero-order chi connectivity index (χ0) is 39.5. The predicted molar refractivity (Wildman–Crippen MR) is 221 cm³/mol. The van der Waals surface area contributed by atoms with Gasteiger partial charge < -0.3 is 40.3 Å². The largest absolute Gasteiger partial charge is 0.394 e. The van der Waals surface area contributed by atoms with Gasteiger partial charge in [0, 0.05) is 6.42 Å². The fraction of sp³-hybridized carbons (Fsp3) is 0.978. The Labute approximate surface area is 332 Å². The summed E-state index contributed by atoms with van der Waals surface area (Å²) < 4.78 is 11.2. The number of rotatable bonds is 39. The standard InChI is InChI=1S/C45H89NO8/c1-3-5-7-9-11-13-15-17-18-19-20-21-22-23-25-27-29-31-33-35-41(49)46-38(37-53-45-44(52)43(51)42(50)40(36-47)54-45)39(48)34-32-30-28-26-24-16-14-12-10-8-6-4-2/h38-40,42-45,47-48,50-52H,3-37H2,1-2H3,(H,46,49)/t38-,39+,40-,42-,43?,44?,45-/m0/s1. The molecular weight excluding hydrogens is 682 g/mol. The topological polar surface area (TPSA) is 149 Å². The number of hydrogen-bond donors (Lipinski definition) is 6. The molecule has 0 aromatic rings. The number of amides is 1. The molecule has 0 aromatic heterocycles. The lowest BCUT2D eigenvalue weighted by molar-refractivity contribution is -0.302. The summed E-state index contributed by atoms with van der Waals surface area (Å²) in [5.41, 5.74) is 0. The number of hydrogen-bond acceptors (Lipinski definition) is 8. The van der Waals surface area contributed by atoms with Crippen molar-refractivity contribution in [2.45, 2.75) is 269 Å². The van der Waals surface area contributed by atoms with Gasteiger partial charge in [0.15, 0.2) is 6.29 Å². The maximum absolute atomic E-state index is 13.0. The molecule has 1 heterocycles. The van der Waals surface area contributed by atoms with Crippen LogP contribution in [0, 0.1) is 0 Å². The maximum Gasteiger partial charge on any atom is 0.220 e. The monoisotopic (exact) mass is 772 g/mol. The molecule has 6 N–H and O–H groups in total. The van der Waals surface area contributed by atoms with Crippen molar-refractivity contribution in [1.82, 2.24) is 5.32 Å². The van der Waals surface area contributed by atoms with Crippen LogP contribution in [0.2, 0.25) is 0 Å². The van der Waals surface area contributed by atoms with Crippen molar-refractivity contribution in [2.75, 3.05) is 13.2 Å². The van der Waals surface area contributed by atoms with E-state index in [4.69, 9.17) is 9.47 Å². The van der Waals surface area contributed by atoms with Crippen LogP contribution in [-0.4, -0.2) is 87.5 Å². The van der Waals surface area contributed by atoms with E-state index in [9.17, 15) is 30.3 Å². The first-order valence-electron chi connectivity index (χ1n) is 23.2. The fourth-order valence-corrected chi connectivity index (χ4v) is 7.69. The summed E-state index contributed by atoms with van der Waals surface area (Å²) in [6.07, 6.45) is 32.5. The molecule has 54 heavy (non-hydrogen) atoms. The predicted octanol–water partition coefficient (Wildman–Crippen LogP) is 9.56. The minimum Gasteiger partial charge on any atom is -0.394 e. The number of unbranched alkanes of at least 4 members (excludes halogenated alkanes) is 29. The molecule has 1 rings (SSSR count). The van der Waals surface area contributed by atoms with Gasteiger partial charge in [0.2, 0.25) is 5.91 Å². The maximum atomic E-state index is 13.0.